The van der Waals surface area contributed by atoms with Crippen molar-refractivity contribution in [2.45, 2.75) is 0 Å². The molecule has 1 aliphatic rings. The van der Waals surface area contributed by atoms with Gasteiger partial charge < -0.3 is 5.32 Å². The molecule has 1 aromatic heterocycles. The van der Waals surface area contributed by atoms with Crippen molar-refractivity contribution in [2.24, 2.45) is 0 Å². The Labute approximate surface area is 122 Å². The van der Waals surface area contributed by atoms with Gasteiger partial charge in [0.1, 0.15) is 12.0 Å². The van der Waals surface area contributed by atoms with Crippen molar-refractivity contribution in [3.8, 4) is 0 Å². The predicted molar refractivity (Wildman–Crippen MR) is 76.5 cm³/mol. The SMILES string of the molecule is O=C1C(Nc2ccc(Br)cc2)=CC(=O)c2ncncc21. The smallest absolute Gasteiger partial charge is 0.213 e. The van der Waals surface area contributed by atoms with E-state index in [0.717, 1.165) is 10.2 Å². The fourth-order valence-corrected chi connectivity index (χ4v) is 2.15. The monoisotopic (exact) mass is 329 g/mol. The molecular formula is C14H8BrN3O2. The highest BCUT2D eigenvalue weighted by atomic mass is 79.9. The fraction of sp³-hybridized carbons (Fsp3) is 0. The second-order valence-electron chi connectivity index (χ2n) is 4.17. The van der Waals surface area contributed by atoms with E-state index >= 15 is 0 Å². The summed E-state index contributed by atoms with van der Waals surface area (Å²) < 4.78 is 0.932. The first-order chi connectivity index (χ1) is 9.65. The van der Waals surface area contributed by atoms with Gasteiger partial charge in [-0.15, -0.1) is 0 Å². The molecule has 5 nitrogen and oxygen atoms in total. The second-order valence-corrected chi connectivity index (χ2v) is 5.08. The van der Waals surface area contributed by atoms with E-state index in [9.17, 15) is 9.59 Å². The fourth-order valence-electron chi connectivity index (χ4n) is 1.88. The molecule has 6 heteroatoms. The summed E-state index contributed by atoms with van der Waals surface area (Å²) in [5.41, 5.74) is 1.31. The van der Waals surface area contributed by atoms with Crippen LogP contribution in [-0.2, 0) is 0 Å². The summed E-state index contributed by atoms with van der Waals surface area (Å²) in [5, 5.41) is 2.94. The molecule has 3 rings (SSSR count). The first-order valence-electron chi connectivity index (χ1n) is 5.78. The predicted octanol–water partition coefficient (Wildman–Crippen LogP) is 2.61. The van der Waals surface area contributed by atoms with Crippen LogP contribution in [0.15, 0.2) is 53.0 Å². The number of ketones is 2. The number of allylic oxidation sites excluding steroid dienone is 2. The second kappa shape index (κ2) is 4.97. The number of carbonyl (C=O) groups is 2. The van der Waals surface area contributed by atoms with Crippen LogP contribution in [0.1, 0.15) is 20.8 Å². The third-order valence-electron chi connectivity index (χ3n) is 2.83. The van der Waals surface area contributed by atoms with Gasteiger partial charge in [0.05, 0.1) is 11.3 Å². The van der Waals surface area contributed by atoms with Gasteiger partial charge in [-0.25, -0.2) is 9.97 Å². The van der Waals surface area contributed by atoms with E-state index in [4.69, 9.17) is 0 Å². The van der Waals surface area contributed by atoms with E-state index < -0.39 is 0 Å². The maximum absolute atomic E-state index is 12.3. The van der Waals surface area contributed by atoms with Gasteiger partial charge in [0, 0.05) is 22.4 Å². The Morgan fingerprint density at radius 3 is 2.60 bits per heavy atom. The number of hydrogen-bond donors (Lipinski definition) is 1. The Hall–Kier alpha value is -2.34. The summed E-state index contributed by atoms with van der Waals surface area (Å²) in [6, 6.07) is 7.30. The first kappa shape index (κ1) is 12.7. The lowest BCUT2D eigenvalue weighted by Crippen LogP contribution is -2.22. The summed E-state index contributed by atoms with van der Waals surface area (Å²) in [5.74, 6) is -0.593. The van der Waals surface area contributed by atoms with Gasteiger partial charge >= 0.3 is 0 Å². The molecule has 98 valence electrons. The van der Waals surface area contributed by atoms with E-state index in [1.165, 1.54) is 18.6 Å². The third-order valence-corrected chi connectivity index (χ3v) is 3.36. The van der Waals surface area contributed by atoms with Gasteiger partial charge in [0.25, 0.3) is 0 Å². The minimum absolute atomic E-state index is 0.145. The zero-order valence-corrected chi connectivity index (χ0v) is 11.7. The van der Waals surface area contributed by atoms with Crippen LogP contribution in [0.25, 0.3) is 0 Å². The number of hydrogen-bond acceptors (Lipinski definition) is 5. The van der Waals surface area contributed by atoms with Gasteiger partial charge in [-0.2, -0.15) is 0 Å². The van der Waals surface area contributed by atoms with Crippen molar-refractivity contribution < 1.29 is 9.59 Å². The van der Waals surface area contributed by atoms with Crippen LogP contribution in [0.3, 0.4) is 0 Å². The lowest BCUT2D eigenvalue weighted by Gasteiger charge is -2.15. The molecule has 1 N–H and O–H groups in total. The molecule has 0 amide bonds. The van der Waals surface area contributed by atoms with Crippen LogP contribution in [0, 0.1) is 0 Å². The molecule has 20 heavy (non-hydrogen) atoms. The molecule has 1 heterocycles. The summed E-state index contributed by atoms with van der Waals surface area (Å²) in [7, 11) is 0. The van der Waals surface area contributed by atoms with E-state index in [-0.39, 0.29) is 28.5 Å². The number of Topliss-reactive ketones (excluding diaryl/α,β-unsaturated/α-hetero) is 1. The first-order valence-corrected chi connectivity index (χ1v) is 6.58. The number of nitrogens with zero attached hydrogens (tertiary/aromatic N) is 2. The van der Waals surface area contributed by atoms with Crippen molar-refractivity contribution in [1.29, 1.82) is 0 Å². The molecule has 0 aliphatic heterocycles. The highest BCUT2D eigenvalue weighted by Crippen LogP contribution is 2.21. The van der Waals surface area contributed by atoms with Gasteiger partial charge in [-0.05, 0) is 24.3 Å². The highest BCUT2D eigenvalue weighted by Gasteiger charge is 2.26. The Bertz CT molecular complexity index is 738. The zero-order chi connectivity index (χ0) is 14.1. The van der Waals surface area contributed by atoms with Crippen LogP contribution < -0.4 is 5.32 Å². The molecular weight excluding hydrogens is 322 g/mol. The molecule has 2 aromatic rings. The zero-order valence-electron chi connectivity index (χ0n) is 10.1. The van der Waals surface area contributed by atoms with E-state index in [0.29, 0.717) is 0 Å². The number of anilines is 1. The van der Waals surface area contributed by atoms with Crippen molar-refractivity contribution in [2.75, 3.05) is 5.32 Å². The molecule has 1 aromatic carbocycles. The van der Waals surface area contributed by atoms with E-state index in [2.05, 4.69) is 31.2 Å². The van der Waals surface area contributed by atoms with Crippen LogP contribution in [0.4, 0.5) is 5.69 Å². The van der Waals surface area contributed by atoms with Crippen LogP contribution >= 0.6 is 15.9 Å². The van der Waals surface area contributed by atoms with Gasteiger partial charge in [-0.3, -0.25) is 9.59 Å². The summed E-state index contributed by atoms with van der Waals surface area (Å²) in [6.45, 7) is 0. The number of rotatable bonds is 2. The summed E-state index contributed by atoms with van der Waals surface area (Å²) in [4.78, 5) is 31.8. The molecule has 0 unspecified atom stereocenters. The van der Waals surface area contributed by atoms with Crippen LogP contribution in [-0.4, -0.2) is 21.5 Å². The normalized spacial score (nSPS) is 13.8. The Morgan fingerprint density at radius 1 is 1.10 bits per heavy atom. The number of fused-ring (bicyclic) bond motifs is 1. The number of benzene rings is 1. The van der Waals surface area contributed by atoms with Crippen molar-refractivity contribution in [3.05, 3.63) is 64.3 Å². The Balaban J connectivity index is 1.94. The average Bonchev–Trinajstić information content (AvgIpc) is 2.47. The lowest BCUT2D eigenvalue weighted by atomic mass is 9.98. The summed E-state index contributed by atoms with van der Waals surface area (Å²) in [6.07, 6.45) is 3.88. The van der Waals surface area contributed by atoms with Crippen LogP contribution in [0.5, 0.6) is 0 Å². The minimum atomic E-state index is -0.304. The largest absolute Gasteiger partial charge is 0.352 e. The molecule has 0 saturated heterocycles. The third kappa shape index (κ3) is 2.25. The number of carbonyl (C=O) groups excluding carboxylic acids is 2. The van der Waals surface area contributed by atoms with Crippen molar-refractivity contribution in [3.63, 3.8) is 0 Å². The average molecular weight is 330 g/mol. The standard InChI is InChI=1S/C14H8BrN3O2/c15-8-1-3-9(4-2-8)18-11-5-12(19)13-10(14(11)20)6-16-7-17-13/h1-7,18H. The lowest BCUT2D eigenvalue weighted by molar-refractivity contribution is 0.0981. The number of aromatic nitrogens is 2. The Morgan fingerprint density at radius 2 is 1.85 bits per heavy atom. The maximum atomic E-state index is 12.3. The van der Waals surface area contributed by atoms with Crippen LogP contribution in [0.2, 0.25) is 0 Å². The molecule has 1 aliphatic carbocycles. The number of nitrogens with one attached hydrogen (secondary N) is 1. The van der Waals surface area contributed by atoms with Gasteiger partial charge in [-0.1, -0.05) is 15.9 Å². The molecule has 0 spiro atoms. The summed E-state index contributed by atoms with van der Waals surface area (Å²) >= 11 is 3.33. The molecule has 0 radical (unpaired) electrons. The quantitative estimate of drug-likeness (QED) is 0.916. The molecule has 0 atom stereocenters. The highest BCUT2D eigenvalue weighted by molar-refractivity contribution is 9.10. The minimum Gasteiger partial charge on any atom is -0.352 e. The van der Waals surface area contributed by atoms with Crippen molar-refractivity contribution >= 4 is 33.2 Å². The molecule has 0 bridgehead atoms. The van der Waals surface area contributed by atoms with Gasteiger partial charge in [0.2, 0.25) is 11.6 Å². The maximum Gasteiger partial charge on any atom is 0.213 e. The number of halogens is 1. The molecule has 0 saturated carbocycles. The Kier molecular flexibility index (Phi) is 3.15. The van der Waals surface area contributed by atoms with Crippen molar-refractivity contribution in [1.82, 2.24) is 9.97 Å². The van der Waals surface area contributed by atoms with E-state index in [1.807, 2.05) is 12.1 Å². The molecule has 0 fully saturated rings. The topological polar surface area (TPSA) is 72.0 Å². The van der Waals surface area contributed by atoms with E-state index in [1.54, 1.807) is 12.1 Å². The van der Waals surface area contributed by atoms with Gasteiger partial charge in [0.15, 0.2) is 0 Å².